The molecule has 0 spiro atoms. The number of benzene rings is 1. The molecule has 0 saturated carbocycles. The molecular weight excluding hydrogens is 304 g/mol. The van der Waals surface area contributed by atoms with Crippen LogP contribution in [0.2, 0.25) is 0 Å². The predicted octanol–water partition coefficient (Wildman–Crippen LogP) is 2.51. The molecule has 5 nitrogen and oxygen atoms in total. The quantitative estimate of drug-likeness (QED) is 0.781. The smallest absolute Gasteiger partial charge is 0.130 e. The molecule has 128 valence electrons. The van der Waals surface area contributed by atoms with Gasteiger partial charge >= 0.3 is 0 Å². The van der Waals surface area contributed by atoms with E-state index in [9.17, 15) is 0 Å². The topological polar surface area (TPSA) is 43.8 Å². The van der Waals surface area contributed by atoms with E-state index in [1.807, 2.05) is 30.3 Å². The summed E-state index contributed by atoms with van der Waals surface area (Å²) in [5.74, 6) is 0.865. The summed E-state index contributed by atoms with van der Waals surface area (Å²) in [7, 11) is 2.10. The van der Waals surface area contributed by atoms with E-state index >= 15 is 0 Å². The third-order valence-corrected chi connectivity index (χ3v) is 3.86. The van der Waals surface area contributed by atoms with Gasteiger partial charge in [0.1, 0.15) is 12.4 Å². The molecule has 1 aromatic carbocycles. The Morgan fingerprint density at radius 2 is 2.17 bits per heavy atom. The zero-order valence-electron chi connectivity index (χ0n) is 14.1. The van der Waals surface area contributed by atoms with Crippen LogP contribution >= 0.6 is 0 Å². The number of likely N-dealkylation sites (N-methyl/N-ethyl adjacent to an activating group) is 1. The molecule has 0 bridgehead atoms. The Labute approximate surface area is 143 Å². The highest BCUT2D eigenvalue weighted by Crippen LogP contribution is 2.16. The molecule has 0 amide bonds. The zero-order valence-corrected chi connectivity index (χ0v) is 14.1. The highest BCUT2D eigenvalue weighted by molar-refractivity contribution is 5.28. The van der Waals surface area contributed by atoms with Crippen molar-refractivity contribution in [3.05, 3.63) is 59.9 Å². The van der Waals surface area contributed by atoms with Crippen molar-refractivity contribution in [2.24, 2.45) is 0 Å². The van der Waals surface area contributed by atoms with E-state index in [0.717, 1.165) is 24.5 Å². The van der Waals surface area contributed by atoms with Gasteiger partial charge in [-0.1, -0.05) is 18.2 Å². The standard InChI is InChI=1S/C19H24N2O3/c1-21(13-19-15-22-9-10-23-19)12-16-5-4-7-18(11-16)24-14-17-6-2-3-8-20-17/h2-8,11,19H,9-10,12-15H2,1H3/t19-/m1/s1. The number of nitrogens with zero attached hydrogens (tertiary/aromatic N) is 2. The lowest BCUT2D eigenvalue weighted by Crippen LogP contribution is -2.38. The van der Waals surface area contributed by atoms with Gasteiger partial charge in [0.2, 0.25) is 0 Å². The van der Waals surface area contributed by atoms with Gasteiger partial charge in [-0.05, 0) is 36.9 Å². The summed E-state index contributed by atoms with van der Waals surface area (Å²) in [6.45, 7) is 4.26. The number of aromatic nitrogens is 1. The van der Waals surface area contributed by atoms with Crippen LogP contribution in [0.3, 0.4) is 0 Å². The van der Waals surface area contributed by atoms with E-state index in [1.165, 1.54) is 5.56 Å². The average molecular weight is 328 g/mol. The van der Waals surface area contributed by atoms with E-state index in [0.29, 0.717) is 26.4 Å². The number of hydrogen-bond acceptors (Lipinski definition) is 5. The van der Waals surface area contributed by atoms with Crippen molar-refractivity contribution in [3.8, 4) is 5.75 Å². The molecule has 24 heavy (non-hydrogen) atoms. The molecule has 0 unspecified atom stereocenters. The maximum atomic E-state index is 5.84. The summed E-state index contributed by atoms with van der Waals surface area (Å²) < 4.78 is 17.0. The van der Waals surface area contributed by atoms with E-state index in [2.05, 4.69) is 29.1 Å². The summed E-state index contributed by atoms with van der Waals surface area (Å²) in [5.41, 5.74) is 2.14. The number of ether oxygens (including phenoxy) is 3. The van der Waals surface area contributed by atoms with Gasteiger partial charge < -0.3 is 14.2 Å². The van der Waals surface area contributed by atoms with Gasteiger partial charge in [-0.3, -0.25) is 9.88 Å². The fraction of sp³-hybridized carbons (Fsp3) is 0.421. The van der Waals surface area contributed by atoms with Crippen LogP contribution in [0.4, 0.5) is 0 Å². The first-order valence-corrected chi connectivity index (χ1v) is 8.29. The number of rotatable bonds is 7. The molecule has 1 fully saturated rings. The monoisotopic (exact) mass is 328 g/mol. The second-order valence-electron chi connectivity index (χ2n) is 6.02. The van der Waals surface area contributed by atoms with Crippen molar-refractivity contribution >= 4 is 0 Å². The molecule has 0 N–H and O–H groups in total. The van der Waals surface area contributed by atoms with Crippen molar-refractivity contribution in [1.82, 2.24) is 9.88 Å². The Hall–Kier alpha value is -1.95. The third kappa shape index (κ3) is 5.30. The molecule has 1 atom stereocenters. The maximum Gasteiger partial charge on any atom is 0.130 e. The van der Waals surface area contributed by atoms with Crippen LogP contribution in [0.1, 0.15) is 11.3 Å². The van der Waals surface area contributed by atoms with Crippen molar-refractivity contribution in [2.75, 3.05) is 33.4 Å². The minimum atomic E-state index is 0.160. The van der Waals surface area contributed by atoms with E-state index in [4.69, 9.17) is 14.2 Å². The Kier molecular flexibility index (Phi) is 6.18. The first-order chi connectivity index (χ1) is 11.8. The maximum absolute atomic E-state index is 5.84. The minimum Gasteiger partial charge on any atom is -0.487 e. The van der Waals surface area contributed by atoms with Crippen LogP contribution in [0.5, 0.6) is 5.75 Å². The van der Waals surface area contributed by atoms with Crippen LogP contribution in [0.15, 0.2) is 48.7 Å². The predicted molar refractivity (Wildman–Crippen MR) is 91.9 cm³/mol. The Bertz CT molecular complexity index is 615. The number of pyridine rings is 1. The molecule has 1 aromatic heterocycles. The highest BCUT2D eigenvalue weighted by atomic mass is 16.6. The van der Waals surface area contributed by atoms with E-state index in [1.54, 1.807) is 6.20 Å². The summed E-state index contributed by atoms with van der Waals surface area (Å²) in [6, 6.07) is 14.0. The molecule has 1 aliphatic heterocycles. The van der Waals surface area contributed by atoms with Gasteiger partial charge in [-0.2, -0.15) is 0 Å². The van der Waals surface area contributed by atoms with Crippen LogP contribution in [-0.2, 0) is 22.6 Å². The second kappa shape index (κ2) is 8.78. The molecule has 3 rings (SSSR count). The summed E-state index contributed by atoms with van der Waals surface area (Å²) >= 11 is 0. The van der Waals surface area contributed by atoms with Crippen molar-refractivity contribution in [2.45, 2.75) is 19.3 Å². The van der Waals surface area contributed by atoms with Crippen molar-refractivity contribution in [1.29, 1.82) is 0 Å². The summed E-state index contributed by atoms with van der Waals surface area (Å²) in [6.07, 6.45) is 1.94. The Balaban J connectivity index is 1.50. The molecule has 0 aliphatic carbocycles. The van der Waals surface area contributed by atoms with Gasteiger partial charge in [0.15, 0.2) is 0 Å². The lowest BCUT2D eigenvalue weighted by atomic mass is 10.2. The molecule has 2 aromatic rings. The molecule has 1 saturated heterocycles. The molecule has 1 aliphatic rings. The van der Waals surface area contributed by atoms with Gasteiger partial charge in [0.25, 0.3) is 0 Å². The third-order valence-electron chi connectivity index (χ3n) is 3.86. The fourth-order valence-corrected chi connectivity index (χ4v) is 2.74. The fourth-order valence-electron chi connectivity index (χ4n) is 2.74. The minimum absolute atomic E-state index is 0.160. The van der Waals surface area contributed by atoms with Crippen LogP contribution in [-0.4, -0.2) is 49.4 Å². The zero-order chi connectivity index (χ0) is 16.6. The second-order valence-corrected chi connectivity index (χ2v) is 6.02. The first kappa shape index (κ1) is 16.9. The molecular formula is C19H24N2O3. The van der Waals surface area contributed by atoms with Gasteiger partial charge in [-0.15, -0.1) is 0 Å². The highest BCUT2D eigenvalue weighted by Gasteiger charge is 2.16. The summed E-state index contributed by atoms with van der Waals surface area (Å²) in [5, 5.41) is 0. The van der Waals surface area contributed by atoms with Crippen LogP contribution in [0, 0.1) is 0 Å². The molecule has 5 heteroatoms. The average Bonchev–Trinajstić information content (AvgIpc) is 2.62. The largest absolute Gasteiger partial charge is 0.487 e. The normalized spacial score (nSPS) is 17.8. The van der Waals surface area contributed by atoms with E-state index in [-0.39, 0.29) is 6.10 Å². The molecule has 0 radical (unpaired) electrons. The van der Waals surface area contributed by atoms with Crippen molar-refractivity contribution in [3.63, 3.8) is 0 Å². The Morgan fingerprint density at radius 1 is 1.21 bits per heavy atom. The molecule has 2 heterocycles. The van der Waals surface area contributed by atoms with Gasteiger partial charge in [0.05, 0.1) is 31.6 Å². The van der Waals surface area contributed by atoms with Crippen LogP contribution < -0.4 is 4.74 Å². The lowest BCUT2D eigenvalue weighted by Gasteiger charge is -2.27. The first-order valence-electron chi connectivity index (χ1n) is 8.29. The van der Waals surface area contributed by atoms with E-state index < -0.39 is 0 Å². The number of hydrogen-bond donors (Lipinski definition) is 0. The SMILES string of the molecule is CN(Cc1cccc(OCc2ccccn2)c1)C[C@@H]1COCCO1. The summed E-state index contributed by atoms with van der Waals surface area (Å²) in [4.78, 5) is 6.52. The lowest BCUT2D eigenvalue weighted by molar-refractivity contribution is -0.0962. The van der Waals surface area contributed by atoms with Crippen LogP contribution in [0.25, 0.3) is 0 Å². The van der Waals surface area contributed by atoms with Gasteiger partial charge in [0, 0.05) is 19.3 Å². The van der Waals surface area contributed by atoms with Crippen molar-refractivity contribution < 1.29 is 14.2 Å². The Morgan fingerprint density at radius 3 is 2.96 bits per heavy atom. The van der Waals surface area contributed by atoms with Gasteiger partial charge in [-0.25, -0.2) is 0 Å².